The lowest BCUT2D eigenvalue weighted by atomic mass is 9.79. The van der Waals surface area contributed by atoms with Crippen LogP contribution in [-0.4, -0.2) is 23.0 Å². The molecule has 1 aromatic heterocycles. The van der Waals surface area contributed by atoms with Crippen LogP contribution in [-0.2, 0) is 0 Å². The van der Waals surface area contributed by atoms with Crippen molar-refractivity contribution in [2.75, 3.05) is 0 Å². The highest BCUT2D eigenvalue weighted by atomic mass is 28.3. The standard InChI is InChI=1S/C62H45N3O2Si/c1-4-19-42(20-5-1)48-38-49(62-64-39-63-40-65-62)57(43-23-6-2-7-24-43)60(44-25-8-3-9-26-44)58(48)45-27-18-28-46(37-45)59-47(41-21-10-11-22-41)35-36-56-61(59)67-52-31-14-17-34-55(52)68(56)53-32-15-12-29-50(53)66-51-30-13-16-33-54(51)68/h1-9,12-20,23-41H,10-11,21-22H2/i41D. The number of para-hydroxylation sites is 3. The van der Waals surface area contributed by atoms with Crippen molar-refractivity contribution in [3.05, 3.63) is 224 Å². The maximum Gasteiger partial charge on any atom is 0.196 e. The molecule has 1 aliphatic carbocycles. The summed E-state index contributed by atoms with van der Waals surface area (Å²) in [4.78, 5) is 13.8. The Morgan fingerprint density at radius 1 is 0.412 bits per heavy atom. The van der Waals surface area contributed by atoms with Crippen LogP contribution in [0.2, 0.25) is 0 Å². The van der Waals surface area contributed by atoms with Gasteiger partial charge in [0.05, 0.1) is 0 Å². The van der Waals surface area contributed by atoms with E-state index in [4.69, 9.17) is 19.4 Å². The fourth-order valence-corrected chi connectivity index (χ4v) is 16.5. The van der Waals surface area contributed by atoms with E-state index in [0.717, 1.165) is 121 Å². The Morgan fingerprint density at radius 3 is 1.50 bits per heavy atom. The minimum Gasteiger partial charge on any atom is -0.458 e. The van der Waals surface area contributed by atoms with Gasteiger partial charge in [-0.3, -0.25) is 0 Å². The minimum absolute atomic E-state index is 0.600. The molecular formula is C62H45N3O2Si. The number of hydrogen-bond acceptors (Lipinski definition) is 5. The predicted molar refractivity (Wildman–Crippen MR) is 277 cm³/mol. The molecular weight excluding hydrogens is 847 g/mol. The van der Waals surface area contributed by atoms with Crippen LogP contribution in [0.15, 0.2) is 219 Å². The maximum absolute atomic E-state index is 10.3. The van der Waals surface area contributed by atoms with E-state index in [1.54, 1.807) is 12.7 Å². The zero-order valence-corrected chi connectivity index (χ0v) is 38.3. The molecule has 0 amide bonds. The molecule has 3 heterocycles. The largest absolute Gasteiger partial charge is 0.458 e. The molecule has 1 saturated carbocycles. The van der Waals surface area contributed by atoms with Crippen LogP contribution in [0.4, 0.5) is 0 Å². The lowest BCUT2D eigenvalue weighted by molar-refractivity contribution is 0.482. The van der Waals surface area contributed by atoms with Crippen LogP contribution in [0.25, 0.3) is 67.0 Å². The van der Waals surface area contributed by atoms with Crippen molar-refractivity contribution in [2.45, 2.75) is 31.6 Å². The van der Waals surface area contributed by atoms with Gasteiger partial charge in [0, 0.05) is 18.1 Å². The van der Waals surface area contributed by atoms with Crippen molar-refractivity contribution in [2.24, 2.45) is 0 Å². The number of hydrogen-bond donors (Lipinski definition) is 0. The molecule has 68 heavy (non-hydrogen) atoms. The first-order chi connectivity index (χ1) is 34.1. The van der Waals surface area contributed by atoms with Gasteiger partial charge in [-0.2, -0.15) is 0 Å². The second-order valence-corrected chi connectivity index (χ2v) is 21.5. The number of fused-ring (bicyclic) bond motifs is 8. The Kier molecular flexibility index (Phi) is 9.52. The molecule has 3 aliphatic rings. The summed E-state index contributed by atoms with van der Waals surface area (Å²) < 4.78 is 24.5. The number of rotatable bonds is 7. The number of benzene rings is 9. The van der Waals surface area contributed by atoms with Crippen LogP contribution in [0, 0.1) is 0 Å². The lowest BCUT2D eigenvalue weighted by Gasteiger charge is -2.43. The van der Waals surface area contributed by atoms with Crippen LogP contribution in [0.1, 0.15) is 38.5 Å². The molecule has 1 spiro atoms. The summed E-state index contributed by atoms with van der Waals surface area (Å²) >= 11 is 0. The molecule has 13 rings (SSSR count). The molecule has 5 nitrogen and oxygen atoms in total. The molecule has 0 bridgehead atoms. The van der Waals surface area contributed by atoms with Gasteiger partial charge < -0.3 is 9.47 Å². The summed E-state index contributed by atoms with van der Waals surface area (Å²) in [5, 5.41) is 4.75. The molecule has 0 atom stereocenters. The Hall–Kier alpha value is -8.19. The highest BCUT2D eigenvalue weighted by molar-refractivity contribution is 7.21. The summed E-state index contributed by atoms with van der Waals surface area (Å²) in [6.07, 6.45) is 6.74. The molecule has 0 saturated heterocycles. The van der Waals surface area contributed by atoms with Gasteiger partial charge in [-0.05, 0) is 120 Å². The van der Waals surface area contributed by atoms with E-state index in [9.17, 15) is 1.37 Å². The molecule has 0 unspecified atom stereocenters. The third-order valence-electron chi connectivity index (χ3n) is 14.2. The summed E-state index contributed by atoms with van der Waals surface area (Å²) in [6.45, 7) is 0. The maximum atomic E-state index is 10.3. The van der Waals surface area contributed by atoms with Gasteiger partial charge in [0.2, 0.25) is 0 Å². The zero-order chi connectivity index (χ0) is 45.9. The van der Waals surface area contributed by atoms with E-state index in [-0.39, 0.29) is 0 Å². The fraction of sp³-hybridized carbons (Fsp3) is 0.0806. The summed E-state index contributed by atoms with van der Waals surface area (Å²) in [5.41, 5.74) is 12.4. The summed E-state index contributed by atoms with van der Waals surface area (Å²) in [6, 6.07) is 73.6. The van der Waals surface area contributed by atoms with Crippen molar-refractivity contribution < 1.29 is 10.8 Å². The third-order valence-corrected chi connectivity index (χ3v) is 19.0. The third kappa shape index (κ3) is 6.39. The van der Waals surface area contributed by atoms with Crippen LogP contribution in [0.3, 0.4) is 0 Å². The highest BCUT2D eigenvalue weighted by Crippen LogP contribution is 2.52. The first-order valence-electron chi connectivity index (χ1n) is 24.0. The average Bonchev–Trinajstić information content (AvgIpc) is 3.88. The molecule has 324 valence electrons. The Bertz CT molecular complexity index is 3520. The smallest absolute Gasteiger partial charge is 0.196 e. The van der Waals surface area contributed by atoms with Crippen LogP contribution in [0.5, 0.6) is 23.0 Å². The fourth-order valence-electron chi connectivity index (χ4n) is 11.3. The minimum atomic E-state index is -3.10. The van der Waals surface area contributed by atoms with Crippen molar-refractivity contribution in [3.63, 3.8) is 0 Å². The van der Waals surface area contributed by atoms with Crippen molar-refractivity contribution in [1.82, 2.24) is 15.0 Å². The van der Waals surface area contributed by atoms with E-state index in [2.05, 4.69) is 211 Å². The number of ether oxygens (including phenoxy) is 2. The van der Waals surface area contributed by atoms with Gasteiger partial charge in [0.1, 0.15) is 35.7 Å². The molecule has 0 N–H and O–H groups in total. The Labute approximate surface area is 398 Å². The second kappa shape index (κ2) is 16.6. The highest BCUT2D eigenvalue weighted by Gasteiger charge is 2.53. The van der Waals surface area contributed by atoms with Crippen LogP contribution >= 0.6 is 0 Å². The monoisotopic (exact) mass is 892 g/mol. The summed E-state index contributed by atoms with van der Waals surface area (Å²) in [5.74, 6) is 3.25. The van der Waals surface area contributed by atoms with E-state index in [1.165, 1.54) is 15.6 Å². The van der Waals surface area contributed by atoms with E-state index in [0.29, 0.717) is 5.82 Å². The van der Waals surface area contributed by atoms with Gasteiger partial charge in [0.15, 0.2) is 13.9 Å². The van der Waals surface area contributed by atoms with Crippen molar-refractivity contribution in [3.8, 4) is 90.0 Å². The normalized spacial score (nSPS) is 14.9. The molecule has 1 fully saturated rings. The first kappa shape index (κ1) is 39.0. The SMILES string of the molecule is [2H]C1(c2ccc3c(c2-c2cccc(-c4c(-c5ccccc5)cc(-c5ncncn5)c(-c5ccccc5)c4-c4ccccc4)c2)Oc2ccccc2[Si]32c3ccccc3Oc3ccccc32)CCCC1. The van der Waals surface area contributed by atoms with Crippen LogP contribution < -0.4 is 30.2 Å². The molecule has 6 heteroatoms. The topological polar surface area (TPSA) is 57.1 Å². The lowest BCUT2D eigenvalue weighted by Crippen LogP contribution is -2.77. The zero-order valence-electron chi connectivity index (χ0n) is 38.3. The van der Waals surface area contributed by atoms with E-state index < -0.39 is 14.0 Å². The van der Waals surface area contributed by atoms with Crippen molar-refractivity contribution >= 4 is 28.8 Å². The predicted octanol–water partition coefficient (Wildman–Crippen LogP) is 13.1. The second-order valence-electron chi connectivity index (χ2n) is 17.9. The van der Waals surface area contributed by atoms with E-state index in [1.807, 2.05) is 0 Å². The van der Waals surface area contributed by atoms with Crippen molar-refractivity contribution in [1.29, 1.82) is 0 Å². The van der Waals surface area contributed by atoms with Gasteiger partial charge in [-0.1, -0.05) is 189 Å². The van der Waals surface area contributed by atoms with E-state index >= 15 is 0 Å². The van der Waals surface area contributed by atoms with Gasteiger partial charge in [0.25, 0.3) is 0 Å². The summed E-state index contributed by atoms with van der Waals surface area (Å²) in [7, 11) is -3.10. The molecule has 10 aromatic rings. The number of aromatic nitrogens is 3. The molecule has 0 radical (unpaired) electrons. The van der Waals surface area contributed by atoms with Gasteiger partial charge in [-0.25, -0.2) is 15.0 Å². The Morgan fingerprint density at radius 2 is 0.897 bits per heavy atom. The van der Waals surface area contributed by atoms with Gasteiger partial charge >= 0.3 is 0 Å². The average molecular weight is 893 g/mol. The number of nitrogens with zero attached hydrogens (tertiary/aromatic N) is 3. The molecule has 2 aliphatic heterocycles. The quantitative estimate of drug-likeness (QED) is 0.149. The Balaban J connectivity index is 1.15. The first-order valence-corrected chi connectivity index (χ1v) is 25.5. The van der Waals surface area contributed by atoms with Gasteiger partial charge in [-0.15, -0.1) is 0 Å². The molecule has 9 aromatic carbocycles.